The van der Waals surface area contributed by atoms with Gasteiger partial charge in [-0.1, -0.05) is 23.5 Å². The Labute approximate surface area is 169 Å². The zero-order chi connectivity index (χ0) is 21.0. The van der Waals surface area contributed by atoms with E-state index in [9.17, 15) is 19.7 Å². The third-order valence-corrected chi connectivity index (χ3v) is 5.24. The second-order valence-electron chi connectivity index (χ2n) is 5.89. The Hall–Kier alpha value is -3.53. The number of nitro benzene ring substituents is 1. The lowest BCUT2D eigenvalue weighted by molar-refractivity contribution is -0.385. The molecule has 9 nitrogen and oxygen atoms in total. The third kappa shape index (κ3) is 4.32. The van der Waals surface area contributed by atoms with Gasteiger partial charge >= 0.3 is 5.97 Å². The molecule has 0 aliphatic heterocycles. The molecule has 0 unspecified atom stereocenters. The second kappa shape index (κ2) is 8.65. The summed E-state index contributed by atoms with van der Waals surface area (Å²) < 4.78 is 12.5. The van der Waals surface area contributed by atoms with Gasteiger partial charge in [-0.2, -0.15) is 4.99 Å². The molecule has 3 aromatic rings. The molecule has 150 valence electrons. The first kappa shape index (κ1) is 20.2. The largest absolute Gasteiger partial charge is 0.497 e. The summed E-state index contributed by atoms with van der Waals surface area (Å²) in [5.74, 6) is -0.531. The number of thiazole rings is 1. The molecule has 1 amide bonds. The number of carbonyl (C=O) groups excluding carboxylic acids is 2. The molecular weight excluding hydrogens is 398 g/mol. The summed E-state index contributed by atoms with van der Waals surface area (Å²) in [4.78, 5) is 39.3. The van der Waals surface area contributed by atoms with Crippen molar-refractivity contribution in [1.82, 2.24) is 4.57 Å². The number of rotatable bonds is 6. The van der Waals surface area contributed by atoms with Crippen LogP contribution in [0.1, 0.15) is 16.8 Å². The SMILES string of the molecule is COC(=O)CCn1c(=NC(=O)c2ccccc2[N+](=O)[O-])sc2ccc(OC)cc21. The lowest BCUT2D eigenvalue weighted by Gasteiger charge is -2.06. The van der Waals surface area contributed by atoms with Crippen LogP contribution in [0.3, 0.4) is 0 Å². The second-order valence-corrected chi connectivity index (χ2v) is 6.90. The fourth-order valence-electron chi connectivity index (χ4n) is 2.74. The monoisotopic (exact) mass is 415 g/mol. The summed E-state index contributed by atoms with van der Waals surface area (Å²) >= 11 is 1.24. The number of aryl methyl sites for hydroxylation is 1. The first-order valence-electron chi connectivity index (χ1n) is 8.51. The first-order valence-corrected chi connectivity index (χ1v) is 9.33. The molecule has 0 atom stereocenters. The Bertz CT molecular complexity index is 1160. The van der Waals surface area contributed by atoms with E-state index in [2.05, 4.69) is 4.99 Å². The smallest absolute Gasteiger partial charge is 0.307 e. The van der Waals surface area contributed by atoms with Crippen molar-refractivity contribution < 1.29 is 24.0 Å². The number of esters is 1. The van der Waals surface area contributed by atoms with Gasteiger partial charge in [0.05, 0.1) is 35.8 Å². The van der Waals surface area contributed by atoms with E-state index in [0.717, 1.165) is 10.2 Å². The van der Waals surface area contributed by atoms with Crippen molar-refractivity contribution in [2.45, 2.75) is 13.0 Å². The summed E-state index contributed by atoms with van der Waals surface area (Å²) in [6.07, 6.45) is 0.0758. The molecule has 0 saturated heterocycles. The molecule has 0 saturated carbocycles. The predicted octanol–water partition coefficient (Wildman–Crippen LogP) is 2.92. The summed E-state index contributed by atoms with van der Waals surface area (Å²) in [5, 5.41) is 11.2. The van der Waals surface area contributed by atoms with Crippen LogP contribution in [0.2, 0.25) is 0 Å². The number of methoxy groups -OCH3 is 2. The van der Waals surface area contributed by atoms with E-state index >= 15 is 0 Å². The number of fused-ring (bicyclic) bond motifs is 1. The highest BCUT2D eigenvalue weighted by molar-refractivity contribution is 7.16. The normalized spacial score (nSPS) is 11.4. The van der Waals surface area contributed by atoms with Gasteiger partial charge < -0.3 is 14.0 Å². The van der Waals surface area contributed by atoms with E-state index in [-0.39, 0.29) is 24.2 Å². The van der Waals surface area contributed by atoms with E-state index in [1.165, 1.54) is 49.8 Å². The van der Waals surface area contributed by atoms with Gasteiger partial charge in [0.15, 0.2) is 4.80 Å². The number of benzene rings is 2. The van der Waals surface area contributed by atoms with E-state index in [4.69, 9.17) is 9.47 Å². The Morgan fingerprint density at radius 3 is 2.66 bits per heavy atom. The van der Waals surface area contributed by atoms with Crippen LogP contribution in [-0.4, -0.2) is 35.6 Å². The van der Waals surface area contributed by atoms with Gasteiger partial charge in [-0.15, -0.1) is 0 Å². The lowest BCUT2D eigenvalue weighted by atomic mass is 10.2. The van der Waals surface area contributed by atoms with Gasteiger partial charge in [0.1, 0.15) is 11.3 Å². The van der Waals surface area contributed by atoms with Crippen LogP contribution in [0.5, 0.6) is 5.75 Å². The van der Waals surface area contributed by atoms with E-state index in [1.54, 1.807) is 16.7 Å². The minimum absolute atomic E-state index is 0.0758. The van der Waals surface area contributed by atoms with Crippen LogP contribution < -0.4 is 9.54 Å². The first-order chi connectivity index (χ1) is 13.9. The van der Waals surface area contributed by atoms with Crippen LogP contribution in [-0.2, 0) is 16.1 Å². The average molecular weight is 415 g/mol. The molecule has 1 aromatic heterocycles. The highest BCUT2D eigenvalue weighted by Crippen LogP contribution is 2.24. The minimum atomic E-state index is -0.734. The Balaban J connectivity index is 2.13. The molecule has 2 aromatic carbocycles. The molecular formula is C19H17N3O6S. The molecule has 0 radical (unpaired) electrons. The molecule has 0 spiro atoms. The Morgan fingerprint density at radius 2 is 1.97 bits per heavy atom. The van der Waals surface area contributed by atoms with Gasteiger partial charge in [-0.3, -0.25) is 19.7 Å². The number of aromatic nitrogens is 1. The number of para-hydroxylation sites is 1. The highest BCUT2D eigenvalue weighted by atomic mass is 32.1. The molecule has 1 heterocycles. The van der Waals surface area contributed by atoms with Crippen molar-refractivity contribution in [1.29, 1.82) is 0 Å². The third-order valence-electron chi connectivity index (χ3n) is 4.18. The molecule has 0 aliphatic carbocycles. The van der Waals surface area contributed by atoms with Crippen molar-refractivity contribution in [3.63, 3.8) is 0 Å². The molecule has 10 heteroatoms. The number of ether oxygens (including phenoxy) is 2. The minimum Gasteiger partial charge on any atom is -0.497 e. The van der Waals surface area contributed by atoms with Crippen molar-refractivity contribution >= 4 is 39.1 Å². The number of hydrogen-bond acceptors (Lipinski definition) is 7. The molecule has 3 rings (SSSR count). The van der Waals surface area contributed by atoms with E-state index in [0.29, 0.717) is 10.6 Å². The average Bonchev–Trinajstić information content (AvgIpc) is 3.07. The number of nitrogens with zero attached hydrogens (tertiary/aromatic N) is 3. The molecule has 29 heavy (non-hydrogen) atoms. The maximum Gasteiger partial charge on any atom is 0.307 e. The lowest BCUT2D eigenvalue weighted by Crippen LogP contribution is -2.19. The summed E-state index contributed by atoms with van der Waals surface area (Å²) in [5.41, 5.74) is 0.310. The standard InChI is InChI=1S/C19H17N3O6S/c1-27-12-7-8-16-15(11-12)21(10-9-17(23)28-2)19(29-16)20-18(24)13-5-3-4-6-14(13)22(25)26/h3-8,11H,9-10H2,1-2H3. The van der Waals surface area contributed by atoms with Crippen molar-refractivity contribution in [2.24, 2.45) is 4.99 Å². The van der Waals surface area contributed by atoms with Crippen molar-refractivity contribution in [2.75, 3.05) is 14.2 Å². The van der Waals surface area contributed by atoms with Crippen LogP contribution in [0.4, 0.5) is 5.69 Å². The number of hydrogen-bond donors (Lipinski definition) is 0. The van der Waals surface area contributed by atoms with Gasteiger partial charge in [0, 0.05) is 18.7 Å². The topological polar surface area (TPSA) is 113 Å². The van der Waals surface area contributed by atoms with Gasteiger partial charge in [0.25, 0.3) is 11.6 Å². The number of amides is 1. The molecule has 0 fully saturated rings. The van der Waals surface area contributed by atoms with Crippen LogP contribution in [0, 0.1) is 10.1 Å². The van der Waals surface area contributed by atoms with Crippen molar-refractivity contribution in [3.8, 4) is 5.75 Å². The van der Waals surface area contributed by atoms with Crippen LogP contribution in [0.15, 0.2) is 47.5 Å². The van der Waals surface area contributed by atoms with E-state index < -0.39 is 16.8 Å². The maximum absolute atomic E-state index is 12.7. The van der Waals surface area contributed by atoms with Gasteiger partial charge in [-0.05, 0) is 18.2 Å². The zero-order valence-electron chi connectivity index (χ0n) is 15.7. The zero-order valence-corrected chi connectivity index (χ0v) is 16.5. The fraction of sp³-hybridized carbons (Fsp3) is 0.211. The van der Waals surface area contributed by atoms with E-state index in [1.807, 2.05) is 6.07 Å². The fourth-order valence-corrected chi connectivity index (χ4v) is 3.78. The number of carbonyl (C=O) groups is 2. The molecule has 0 aliphatic rings. The van der Waals surface area contributed by atoms with Gasteiger partial charge in [-0.25, -0.2) is 0 Å². The predicted molar refractivity (Wildman–Crippen MR) is 106 cm³/mol. The molecule has 0 bridgehead atoms. The van der Waals surface area contributed by atoms with Crippen LogP contribution in [0.25, 0.3) is 10.2 Å². The quantitative estimate of drug-likeness (QED) is 0.347. The van der Waals surface area contributed by atoms with Crippen LogP contribution >= 0.6 is 11.3 Å². The Morgan fingerprint density at radius 1 is 1.21 bits per heavy atom. The molecule has 0 N–H and O–H groups in total. The van der Waals surface area contributed by atoms with Crippen molar-refractivity contribution in [3.05, 3.63) is 62.9 Å². The maximum atomic E-state index is 12.7. The summed E-state index contributed by atoms with van der Waals surface area (Å²) in [6, 6.07) is 11.0. The highest BCUT2D eigenvalue weighted by Gasteiger charge is 2.19. The number of nitro groups is 1. The summed E-state index contributed by atoms with van der Waals surface area (Å²) in [6.45, 7) is 0.225. The van der Waals surface area contributed by atoms with Gasteiger partial charge in [0.2, 0.25) is 0 Å². The Kier molecular flexibility index (Phi) is 6.03. The summed E-state index contributed by atoms with van der Waals surface area (Å²) in [7, 11) is 2.83.